The van der Waals surface area contributed by atoms with Crippen LogP contribution in [0.5, 0.6) is 0 Å². The van der Waals surface area contributed by atoms with Gasteiger partial charge >= 0.3 is 5.97 Å². The molecule has 0 atom stereocenters. The van der Waals surface area contributed by atoms with Crippen molar-refractivity contribution < 1.29 is 14.3 Å². The molecular formula is C12H13NO3. The Morgan fingerprint density at radius 3 is 2.94 bits per heavy atom. The molecule has 16 heavy (non-hydrogen) atoms. The van der Waals surface area contributed by atoms with E-state index in [2.05, 4.69) is 9.73 Å². The van der Waals surface area contributed by atoms with E-state index in [0.717, 1.165) is 11.1 Å². The Bertz CT molecular complexity index is 452. The molecule has 0 saturated heterocycles. The molecule has 1 aromatic carbocycles. The third-order valence-corrected chi connectivity index (χ3v) is 2.47. The highest BCUT2D eigenvalue weighted by molar-refractivity contribution is 5.99. The van der Waals surface area contributed by atoms with Gasteiger partial charge in [-0.2, -0.15) is 0 Å². The number of esters is 1. The fourth-order valence-electron chi connectivity index (χ4n) is 1.60. The van der Waals surface area contributed by atoms with Gasteiger partial charge in [-0.3, -0.25) is 0 Å². The molecule has 0 unspecified atom stereocenters. The Balaban J connectivity index is 2.40. The summed E-state index contributed by atoms with van der Waals surface area (Å²) in [4.78, 5) is 15.6. The average Bonchev–Trinajstić information content (AvgIpc) is 2.82. The molecule has 84 valence electrons. The Kier molecular flexibility index (Phi) is 2.90. The van der Waals surface area contributed by atoms with Gasteiger partial charge in [0, 0.05) is 5.56 Å². The van der Waals surface area contributed by atoms with Crippen molar-refractivity contribution in [2.45, 2.75) is 6.92 Å². The zero-order valence-electron chi connectivity index (χ0n) is 9.32. The van der Waals surface area contributed by atoms with E-state index in [1.165, 1.54) is 7.11 Å². The first-order chi connectivity index (χ1) is 7.72. The molecule has 4 heteroatoms. The average molecular weight is 219 g/mol. The van der Waals surface area contributed by atoms with Gasteiger partial charge in [-0.15, -0.1) is 0 Å². The van der Waals surface area contributed by atoms with E-state index < -0.39 is 0 Å². The molecule has 0 aliphatic carbocycles. The van der Waals surface area contributed by atoms with E-state index in [1.807, 2.05) is 13.0 Å². The van der Waals surface area contributed by atoms with Gasteiger partial charge in [0.1, 0.15) is 6.61 Å². The molecule has 1 aromatic rings. The predicted molar refractivity (Wildman–Crippen MR) is 59.9 cm³/mol. The summed E-state index contributed by atoms with van der Waals surface area (Å²) in [6.45, 7) is 3.25. The van der Waals surface area contributed by atoms with Gasteiger partial charge in [0.2, 0.25) is 5.90 Å². The van der Waals surface area contributed by atoms with Crippen LogP contribution < -0.4 is 0 Å². The largest absolute Gasteiger partial charge is 0.476 e. The lowest BCUT2D eigenvalue weighted by molar-refractivity contribution is 0.0600. The molecular weight excluding hydrogens is 206 g/mol. The SMILES string of the molecule is COC(=O)c1ccc(C)c(C2=NCCO2)c1. The van der Waals surface area contributed by atoms with Crippen LogP contribution >= 0.6 is 0 Å². The molecule has 0 N–H and O–H groups in total. The zero-order chi connectivity index (χ0) is 11.5. The lowest BCUT2D eigenvalue weighted by Gasteiger charge is -2.07. The van der Waals surface area contributed by atoms with Crippen LogP contribution in [-0.2, 0) is 9.47 Å². The maximum atomic E-state index is 11.4. The highest BCUT2D eigenvalue weighted by Crippen LogP contribution is 2.16. The van der Waals surface area contributed by atoms with Crippen molar-refractivity contribution in [1.82, 2.24) is 0 Å². The van der Waals surface area contributed by atoms with Crippen LogP contribution in [0.3, 0.4) is 0 Å². The summed E-state index contributed by atoms with van der Waals surface area (Å²) >= 11 is 0. The number of methoxy groups -OCH3 is 1. The van der Waals surface area contributed by atoms with Crippen LogP contribution in [-0.4, -0.2) is 32.1 Å². The number of carbonyl (C=O) groups excluding carboxylic acids is 1. The minimum Gasteiger partial charge on any atom is -0.476 e. The van der Waals surface area contributed by atoms with Gasteiger partial charge in [-0.05, 0) is 24.6 Å². The van der Waals surface area contributed by atoms with E-state index in [0.29, 0.717) is 24.6 Å². The first kappa shape index (κ1) is 10.7. The molecule has 0 fully saturated rings. The van der Waals surface area contributed by atoms with Crippen molar-refractivity contribution in [2.24, 2.45) is 4.99 Å². The maximum Gasteiger partial charge on any atom is 0.337 e. The molecule has 0 amide bonds. The summed E-state index contributed by atoms with van der Waals surface area (Å²) < 4.78 is 10.1. The van der Waals surface area contributed by atoms with Crippen molar-refractivity contribution in [2.75, 3.05) is 20.3 Å². The van der Waals surface area contributed by atoms with Crippen molar-refractivity contribution >= 4 is 11.9 Å². The van der Waals surface area contributed by atoms with Crippen molar-refractivity contribution in [1.29, 1.82) is 0 Å². The fraction of sp³-hybridized carbons (Fsp3) is 0.333. The lowest BCUT2D eigenvalue weighted by atomic mass is 10.0. The molecule has 0 spiro atoms. The maximum absolute atomic E-state index is 11.4. The Hall–Kier alpha value is -1.84. The van der Waals surface area contributed by atoms with Gasteiger partial charge in [-0.1, -0.05) is 6.07 Å². The van der Waals surface area contributed by atoms with Gasteiger partial charge < -0.3 is 9.47 Å². The summed E-state index contributed by atoms with van der Waals surface area (Å²) in [6.07, 6.45) is 0. The summed E-state index contributed by atoms with van der Waals surface area (Å²) in [5, 5.41) is 0. The Labute approximate surface area is 93.9 Å². The molecule has 1 aliphatic heterocycles. The predicted octanol–water partition coefficient (Wildman–Crippen LogP) is 1.56. The number of carbonyl (C=O) groups is 1. The van der Waals surface area contributed by atoms with E-state index in [1.54, 1.807) is 12.1 Å². The van der Waals surface area contributed by atoms with Crippen LogP contribution in [0.15, 0.2) is 23.2 Å². The summed E-state index contributed by atoms with van der Waals surface area (Å²) in [5.74, 6) is 0.267. The van der Waals surface area contributed by atoms with Gasteiger partial charge in [0.25, 0.3) is 0 Å². The standard InChI is InChI=1S/C12H13NO3/c1-8-3-4-9(12(14)15-2)7-10(8)11-13-5-6-16-11/h3-4,7H,5-6H2,1-2H3. The number of rotatable bonds is 2. The topological polar surface area (TPSA) is 47.9 Å². The summed E-state index contributed by atoms with van der Waals surface area (Å²) in [5.41, 5.74) is 2.41. The zero-order valence-corrected chi connectivity index (χ0v) is 9.32. The second kappa shape index (κ2) is 4.35. The normalized spacial score (nSPS) is 14.2. The molecule has 0 saturated carbocycles. The highest BCUT2D eigenvalue weighted by atomic mass is 16.5. The molecule has 2 rings (SSSR count). The summed E-state index contributed by atoms with van der Waals surface area (Å²) in [6, 6.07) is 5.36. The fourth-order valence-corrected chi connectivity index (χ4v) is 1.60. The van der Waals surface area contributed by atoms with Crippen molar-refractivity contribution in [3.8, 4) is 0 Å². The van der Waals surface area contributed by atoms with E-state index in [-0.39, 0.29) is 5.97 Å². The molecule has 4 nitrogen and oxygen atoms in total. The quantitative estimate of drug-likeness (QED) is 0.709. The van der Waals surface area contributed by atoms with E-state index in [9.17, 15) is 4.79 Å². The number of ether oxygens (including phenoxy) is 2. The molecule has 1 heterocycles. The smallest absolute Gasteiger partial charge is 0.337 e. The first-order valence-corrected chi connectivity index (χ1v) is 5.09. The molecule has 0 bridgehead atoms. The third kappa shape index (κ3) is 1.91. The van der Waals surface area contributed by atoms with Crippen molar-refractivity contribution in [3.05, 3.63) is 34.9 Å². The van der Waals surface area contributed by atoms with Crippen LogP contribution in [0, 0.1) is 6.92 Å². The first-order valence-electron chi connectivity index (χ1n) is 5.09. The number of hydrogen-bond donors (Lipinski definition) is 0. The number of aryl methyl sites for hydroxylation is 1. The Morgan fingerprint density at radius 1 is 1.50 bits per heavy atom. The second-order valence-corrected chi connectivity index (χ2v) is 3.56. The third-order valence-electron chi connectivity index (χ3n) is 2.47. The van der Waals surface area contributed by atoms with Crippen LogP contribution in [0.25, 0.3) is 0 Å². The lowest BCUT2D eigenvalue weighted by Crippen LogP contribution is -2.07. The van der Waals surface area contributed by atoms with E-state index in [4.69, 9.17) is 4.74 Å². The molecule has 0 aromatic heterocycles. The van der Waals surface area contributed by atoms with Crippen LogP contribution in [0.1, 0.15) is 21.5 Å². The number of nitrogens with zero attached hydrogens (tertiary/aromatic N) is 1. The summed E-state index contributed by atoms with van der Waals surface area (Å²) in [7, 11) is 1.37. The van der Waals surface area contributed by atoms with Crippen molar-refractivity contribution in [3.63, 3.8) is 0 Å². The minimum atomic E-state index is -0.347. The molecule has 1 aliphatic rings. The Morgan fingerprint density at radius 2 is 2.31 bits per heavy atom. The van der Waals surface area contributed by atoms with Crippen LogP contribution in [0.4, 0.5) is 0 Å². The van der Waals surface area contributed by atoms with Gasteiger partial charge in [0.15, 0.2) is 0 Å². The number of aliphatic imine (C=N–C) groups is 1. The van der Waals surface area contributed by atoms with E-state index >= 15 is 0 Å². The molecule has 0 radical (unpaired) electrons. The highest BCUT2D eigenvalue weighted by Gasteiger charge is 2.15. The van der Waals surface area contributed by atoms with Gasteiger partial charge in [0.05, 0.1) is 19.2 Å². The van der Waals surface area contributed by atoms with Crippen LogP contribution in [0.2, 0.25) is 0 Å². The number of benzene rings is 1. The second-order valence-electron chi connectivity index (χ2n) is 3.56. The number of hydrogen-bond acceptors (Lipinski definition) is 4. The monoisotopic (exact) mass is 219 g/mol. The minimum absolute atomic E-state index is 0.347. The van der Waals surface area contributed by atoms with Gasteiger partial charge in [-0.25, -0.2) is 9.79 Å².